The first-order chi connectivity index (χ1) is 7.67. The molecule has 0 saturated carbocycles. The van der Waals surface area contributed by atoms with Gasteiger partial charge in [0.2, 0.25) is 0 Å². The Labute approximate surface area is 159 Å². The van der Waals surface area contributed by atoms with Gasteiger partial charge in [0.05, 0.1) is 17.2 Å². The third-order valence-corrected chi connectivity index (χ3v) is 3.39. The molecule has 0 aliphatic rings. The van der Waals surface area contributed by atoms with Gasteiger partial charge in [-0.25, -0.2) is 0 Å². The second kappa shape index (κ2) is 10.0. The maximum Gasteiger partial charge on any atom is 1.00 e. The third kappa shape index (κ3) is 6.76. The first kappa shape index (κ1) is 18.2. The molecule has 2 rings (SSSR count). The van der Waals surface area contributed by atoms with Gasteiger partial charge in [0, 0.05) is 11.8 Å². The number of nitrogens with one attached hydrogen (secondary N) is 1. The maximum atomic E-state index is 9.50. The predicted octanol–water partition coefficient (Wildman–Crippen LogP) is -0.989. The van der Waals surface area contributed by atoms with Crippen LogP contribution >= 0.6 is 30.1 Å². The van der Waals surface area contributed by atoms with E-state index in [1.807, 2.05) is 13.0 Å². The van der Waals surface area contributed by atoms with Crippen molar-refractivity contribution in [2.45, 2.75) is 6.92 Å². The molecule has 2 N–H and O–H groups in total. The zero-order valence-corrected chi connectivity index (χ0v) is 15.8. The van der Waals surface area contributed by atoms with Crippen LogP contribution in [0.4, 0.5) is 0 Å². The molecule has 0 saturated heterocycles. The first-order valence-electron chi connectivity index (χ1n) is 4.63. The summed E-state index contributed by atoms with van der Waals surface area (Å²) >= 11 is 2.10. The third-order valence-electron chi connectivity index (χ3n) is 1.75. The number of aromatic amines is 1. The topological polar surface area (TPSA) is 72.0 Å². The van der Waals surface area contributed by atoms with Crippen LogP contribution in [-0.2, 0) is 0 Å². The number of aromatic nitrogens is 2. The average molecular weight is 390 g/mol. The molecule has 7 heteroatoms. The van der Waals surface area contributed by atoms with Crippen LogP contribution in [0.25, 0.3) is 11.0 Å². The summed E-state index contributed by atoms with van der Waals surface area (Å²) in [6.45, 7) is 2.01. The zero-order chi connectivity index (χ0) is 12.0. The molecular weight excluding hydrogens is 378 g/mol. The molecule has 0 fully saturated rings. The van der Waals surface area contributed by atoms with Gasteiger partial charge in [-0.2, -0.15) is 0 Å². The van der Waals surface area contributed by atoms with E-state index in [1.54, 1.807) is 15.0 Å². The number of H-pyrrole nitrogens is 1. The van der Waals surface area contributed by atoms with E-state index >= 15 is 0 Å². The molecule has 2 aromatic heterocycles. The van der Waals surface area contributed by atoms with Gasteiger partial charge in [-0.3, -0.25) is 4.98 Å². The van der Waals surface area contributed by atoms with Crippen LogP contribution in [0.1, 0.15) is 5.69 Å². The van der Waals surface area contributed by atoms with Crippen LogP contribution in [0.15, 0.2) is 18.3 Å². The molecule has 0 amide bonds. The van der Waals surface area contributed by atoms with Crippen molar-refractivity contribution in [3.63, 3.8) is 0 Å². The molecule has 0 aliphatic heterocycles. The Morgan fingerprint density at radius 2 is 2.24 bits per heavy atom. The number of hydrogen-bond donors (Lipinski definition) is 2. The molecule has 0 atom stereocenters. The summed E-state index contributed by atoms with van der Waals surface area (Å²) in [5.41, 5.74) is 2.82. The monoisotopic (exact) mass is 390 g/mol. The quantitative estimate of drug-likeness (QED) is 0.511. The Morgan fingerprint density at radius 1 is 1.53 bits per heavy atom. The van der Waals surface area contributed by atoms with Gasteiger partial charge in [-0.1, -0.05) is 8.93 Å². The van der Waals surface area contributed by atoms with Crippen molar-refractivity contribution in [3.8, 4) is 5.75 Å². The number of rotatable bonds is 2. The summed E-state index contributed by atoms with van der Waals surface area (Å²) < 4.78 is 0. The molecule has 0 spiro atoms. The van der Waals surface area contributed by atoms with Gasteiger partial charge in [0.15, 0.2) is 0 Å². The molecule has 17 heavy (non-hydrogen) atoms. The van der Waals surface area contributed by atoms with Crippen LogP contribution < -0.4 is 56.5 Å². The van der Waals surface area contributed by atoms with E-state index in [1.165, 1.54) is 6.20 Å². The Kier molecular flexibility index (Phi) is 10.7. The standard InChI is InChI=1S/C8H8N2O.C2H4IOS.K/c1-5-2-7-8(10-5)3-6(11)4-9-7;3-5-2-1-4;/h2-4,10-11H,1H3;1-2H2;/q;-1;+1. The largest absolute Gasteiger partial charge is 1.00 e. The van der Waals surface area contributed by atoms with Crippen molar-refractivity contribution in [1.82, 2.24) is 9.97 Å². The second-order valence-corrected chi connectivity index (χ2v) is 5.59. The summed E-state index contributed by atoms with van der Waals surface area (Å²) in [7, 11) is 1.56. The van der Waals surface area contributed by atoms with Crippen molar-refractivity contribution in [3.05, 3.63) is 24.0 Å². The summed E-state index contributed by atoms with van der Waals surface area (Å²) in [6, 6.07) is 3.60. The fourth-order valence-electron chi connectivity index (χ4n) is 1.16. The minimum atomic E-state index is 0. The molecule has 0 radical (unpaired) electrons. The number of pyridine rings is 1. The van der Waals surface area contributed by atoms with Crippen molar-refractivity contribution in [1.29, 1.82) is 0 Å². The van der Waals surface area contributed by atoms with Crippen LogP contribution in [0, 0.1) is 6.92 Å². The van der Waals surface area contributed by atoms with Crippen LogP contribution in [0.5, 0.6) is 5.75 Å². The Morgan fingerprint density at radius 3 is 2.76 bits per heavy atom. The molecule has 2 aromatic rings. The van der Waals surface area contributed by atoms with Gasteiger partial charge in [0.25, 0.3) is 0 Å². The summed E-state index contributed by atoms with van der Waals surface area (Å²) in [5, 5.41) is 18.6. The van der Waals surface area contributed by atoms with E-state index in [9.17, 15) is 5.11 Å². The number of hydrogen-bond acceptors (Lipinski definition) is 4. The summed E-state index contributed by atoms with van der Waals surface area (Å²) in [4.78, 5) is 7.10. The van der Waals surface area contributed by atoms with Gasteiger partial charge in [-0.05, 0) is 39.9 Å². The molecule has 2 heterocycles. The smallest absolute Gasteiger partial charge is 0.854 e. The first-order valence-corrected chi connectivity index (χ1v) is 8.16. The number of nitrogens with zero attached hydrogens (tertiary/aromatic N) is 1. The van der Waals surface area contributed by atoms with Gasteiger partial charge < -0.3 is 15.2 Å². The van der Waals surface area contributed by atoms with E-state index in [2.05, 4.69) is 31.2 Å². The molecular formula is C10H12IKN2O2S. The summed E-state index contributed by atoms with van der Waals surface area (Å²) in [6.07, 6.45) is 1.44. The van der Waals surface area contributed by atoms with Gasteiger partial charge >= 0.3 is 51.4 Å². The van der Waals surface area contributed by atoms with Crippen molar-refractivity contribution >= 4 is 41.2 Å². The number of aromatic hydroxyl groups is 1. The fraction of sp³-hybridized carbons (Fsp3) is 0.300. The second-order valence-electron chi connectivity index (χ2n) is 3.10. The van der Waals surface area contributed by atoms with E-state index < -0.39 is 0 Å². The fourth-order valence-corrected chi connectivity index (χ4v) is 1.77. The van der Waals surface area contributed by atoms with E-state index in [4.69, 9.17) is 5.11 Å². The van der Waals surface area contributed by atoms with E-state index in [-0.39, 0.29) is 63.7 Å². The molecule has 4 nitrogen and oxygen atoms in total. The van der Waals surface area contributed by atoms with Crippen LogP contribution in [-0.4, -0.2) is 27.4 Å². The molecule has 88 valence electrons. The van der Waals surface area contributed by atoms with Gasteiger partial charge in [-0.15, -0.1) is 6.61 Å². The minimum Gasteiger partial charge on any atom is -0.854 e. The minimum absolute atomic E-state index is 0. The number of halogens is 1. The Hall–Kier alpha value is 1.17. The molecule has 0 aromatic carbocycles. The van der Waals surface area contributed by atoms with Crippen molar-refractivity contribution < 1.29 is 61.6 Å². The normalized spacial score (nSPS) is 9.35. The van der Waals surface area contributed by atoms with Crippen LogP contribution in [0.2, 0.25) is 0 Å². The maximum absolute atomic E-state index is 9.50. The van der Waals surface area contributed by atoms with Gasteiger partial charge in [0.1, 0.15) is 5.75 Å². The number of aryl methyl sites for hydroxylation is 1. The molecule has 0 bridgehead atoms. The van der Waals surface area contributed by atoms with E-state index in [0.29, 0.717) is 0 Å². The summed E-state index contributed by atoms with van der Waals surface area (Å²) in [5.74, 6) is 0.931. The SMILES string of the molecule is Cc1cc2ncc(O)cc2[nH]1.[K+].[O-]CCSI. The van der Waals surface area contributed by atoms with Crippen LogP contribution in [0.3, 0.4) is 0 Å². The van der Waals surface area contributed by atoms with Crippen molar-refractivity contribution in [2.24, 2.45) is 0 Å². The molecule has 0 unspecified atom stereocenters. The predicted molar refractivity (Wildman–Crippen MR) is 73.8 cm³/mol. The average Bonchev–Trinajstić information content (AvgIpc) is 2.59. The van der Waals surface area contributed by atoms with E-state index in [0.717, 1.165) is 22.5 Å². The zero-order valence-electron chi connectivity index (χ0n) is 9.74. The molecule has 0 aliphatic carbocycles. The van der Waals surface area contributed by atoms with Crippen molar-refractivity contribution in [2.75, 3.05) is 12.4 Å². The Balaban J connectivity index is 0.000000373. The Bertz CT molecular complexity index is 451. The number of fused-ring (bicyclic) bond motifs is 1.